The number of rotatable bonds is 7. The first-order valence-electron chi connectivity index (χ1n) is 6.34. The molecule has 3 N–H and O–H groups in total. The molecule has 0 spiro atoms. The number of amides is 2. The van der Waals surface area contributed by atoms with Crippen LogP contribution in [0.1, 0.15) is 46.0 Å². The van der Waals surface area contributed by atoms with Crippen LogP contribution in [0.4, 0.5) is 4.79 Å². The summed E-state index contributed by atoms with van der Waals surface area (Å²) in [6, 6.07) is -1.01. The Morgan fingerprint density at radius 3 is 2.47 bits per heavy atom. The maximum Gasteiger partial charge on any atom is 0.326 e. The van der Waals surface area contributed by atoms with Crippen molar-refractivity contribution < 1.29 is 14.7 Å². The highest BCUT2D eigenvalue weighted by molar-refractivity contribution is 5.82. The summed E-state index contributed by atoms with van der Waals surface area (Å²) in [4.78, 5) is 22.5. The number of hydrogen-bond acceptors (Lipinski definition) is 2. The quantitative estimate of drug-likeness (QED) is 0.636. The van der Waals surface area contributed by atoms with Gasteiger partial charge in [-0.3, -0.25) is 0 Å². The molecular weight excluding hydrogens is 220 g/mol. The van der Waals surface area contributed by atoms with E-state index in [1.165, 1.54) is 0 Å². The molecule has 2 unspecified atom stereocenters. The fraction of sp³-hybridized carbons (Fsp3) is 0.833. The first-order valence-corrected chi connectivity index (χ1v) is 6.34. The third kappa shape index (κ3) is 5.06. The van der Waals surface area contributed by atoms with Crippen LogP contribution in [-0.4, -0.2) is 29.2 Å². The summed E-state index contributed by atoms with van der Waals surface area (Å²) < 4.78 is 0. The summed E-state index contributed by atoms with van der Waals surface area (Å²) in [5.41, 5.74) is 0. The van der Waals surface area contributed by atoms with Crippen molar-refractivity contribution in [3.05, 3.63) is 0 Å². The molecule has 1 aliphatic carbocycles. The van der Waals surface area contributed by atoms with Crippen LogP contribution in [0.5, 0.6) is 0 Å². The minimum atomic E-state index is -0.965. The van der Waals surface area contributed by atoms with Crippen LogP contribution >= 0.6 is 0 Å². The van der Waals surface area contributed by atoms with Crippen molar-refractivity contribution in [3.63, 3.8) is 0 Å². The maximum atomic E-state index is 11.6. The molecule has 0 aromatic carbocycles. The van der Waals surface area contributed by atoms with Gasteiger partial charge < -0.3 is 15.7 Å². The molecule has 0 saturated heterocycles. The average molecular weight is 242 g/mol. The minimum Gasteiger partial charge on any atom is -0.480 e. The van der Waals surface area contributed by atoms with Crippen LogP contribution in [0.25, 0.3) is 0 Å². The van der Waals surface area contributed by atoms with Crippen LogP contribution in [0, 0.1) is 5.92 Å². The zero-order valence-electron chi connectivity index (χ0n) is 10.5. The lowest BCUT2D eigenvalue weighted by Gasteiger charge is -2.17. The zero-order valence-corrected chi connectivity index (χ0v) is 10.5. The molecule has 0 aromatic heterocycles. The Hall–Kier alpha value is -1.26. The molecule has 1 fully saturated rings. The number of carboxylic acid groups (broad SMARTS) is 1. The Labute approximate surface area is 102 Å². The molecule has 98 valence electrons. The molecule has 2 amide bonds. The highest BCUT2D eigenvalue weighted by Gasteiger charge is 2.29. The molecule has 1 saturated carbocycles. The van der Waals surface area contributed by atoms with E-state index in [4.69, 9.17) is 5.11 Å². The van der Waals surface area contributed by atoms with Gasteiger partial charge in [0.2, 0.25) is 0 Å². The minimum absolute atomic E-state index is 0.135. The van der Waals surface area contributed by atoms with E-state index in [-0.39, 0.29) is 12.1 Å². The van der Waals surface area contributed by atoms with Gasteiger partial charge in [-0.25, -0.2) is 9.59 Å². The summed E-state index contributed by atoms with van der Waals surface area (Å²) in [5, 5.41) is 14.3. The van der Waals surface area contributed by atoms with Gasteiger partial charge in [0.1, 0.15) is 6.04 Å². The van der Waals surface area contributed by atoms with Crippen molar-refractivity contribution in [2.75, 3.05) is 0 Å². The number of carbonyl (C=O) groups excluding carboxylic acids is 1. The lowest BCUT2D eigenvalue weighted by atomic mass is 10.1. The number of nitrogens with one attached hydrogen (secondary N) is 2. The molecule has 0 aliphatic heterocycles. The van der Waals surface area contributed by atoms with E-state index in [2.05, 4.69) is 10.6 Å². The monoisotopic (exact) mass is 242 g/mol. The van der Waals surface area contributed by atoms with Gasteiger partial charge in [-0.15, -0.1) is 0 Å². The lowest BCUT2D eigenvalue weighted by molar-refractivity contribution is -0.139. The predicted octanol–water partition coefficient (Wildman–Crippen LogP) is 1.73. The molecule has 0 bridgehead atoms. The Bertz CT molecular complexity index is 277. The molecule has 1 rings (SSSR count). The standard InChI is InChI=1S/C12H22N2O3/c1-3-4-5-10(11(15)16)14-12(17)13-8(2)9-6-7-9/h8-10H,3-7H2,1-2H3,(H,15,16)(H2,13,14,17). The SMILES string of the molecule is CCCCC(NC(=O)NC(C)C1CC1)C(=O)O. The number of carboxylic acids is 1. The summed E-state index contributed by atoms with van der Waals surface area (Å²) in [5.74, 6) is -0.396. The number of unbranched alkanes of at least 4 members (excludes halogenated alkanes) is 1. The smallest absolute Gasteiger partial charge is 0.326 e. The van der Waals surface area contributed by atoms with Crippen molar-refractivity contribution >= 4 is 12.0 Å². The molecule has 0 heterocycles. The van der Waals surface area contributed by atoms with Gasteiger partial charge in [0.15, 0.2) is 0 Å². The van der Waals surface area contributed by atoms with Gasteiger partial charge in [-0.2, -0.15) is 0 Å². The Kier molecular flexibility index (Phi) is 5.25. The highest BCUT2D eigenvalue weighted by Crippen LogP contribution is 2.32. The largest absolute Gasteiger partial charge is 0.480 e. The van der Waals surface area contributed by atoms with Crippen molar-refractivity contribution in [2.24, 2.45) is 5.92 Å². The topological polar surface area (TPSA) is 78.4 Å². The van der Waals surface area contributed by atoms with Crippen molar-refractivity contribution in [1.29, 1.82) is 0 Å². The van der Waals surface area contributed by atoms with E-state index in [0.29, 0.717) is 12.3 Å². The normalized spacial score (nSPS) is 18.2. The van der Waals surface area contributed by atoms with Crippen molar-refractivity contribution in [1.82, 2.24) is 10.6 Å². The van der Waals surface area contributed by atoms with E-state index in [1.54, 1.807) is 0 Å². The molecular formula is C12H22N2O3. The lowest BCUT2D eigenvalue weighted by Crippen LogP contribution is -2.48. The second-order valence-corrected chi connectivity index (χ2v) is 4.78. The van der Waals surface area contributed by atoms with Gasteiger partial charge >= 0.3 is 12.0 Å². The zero-order chi connectivity index (χ0) is 12.8. The molecule has 17 heavy (non-hydrogen) atoms. The second kappa shape index (κ2) is 6.47. The number of hydrogen-bond donors (Lipinski definition) is 3. The van der Waals surface area contributed by atoms with Gasteiger partial charge in [0.05, 0.1) is 0 Å². The summed E-state index contributed by atoms with van der Waals surface area (Å²) in [7, 11) is 0. The Balaban J connectivity index is 2.31. The Morgan fingerprint density at radius 1 is 1.35 bits per heavy atom. The van der Waals surface area contributed by atoms with Gasteiger partial charge in [0.25, 0.3) is 0 Å². The van der Waals surface area contributed by atoms with Crippen molar-refractivity contribution in [3.8, 4) is 0 Å². The molecule has 0 aromatic rings. The number of carbonyl (C=O) groups is 2. The van der Waals surface area contributed by atoms with E-state index < -0.39 is 12.0 Å². The summed E-state index contributed by atoms with van der Waals surface area (Å²) in [6.07, 6.45) is 4.51. The second-order valence-electron chi connectivity index (χ2n) is 4.78. The molecule has 5 nitrogen and oxygen atoms in total. The summed E-state index contributed by atoms with van der Waals surface area (Å²) >= 11 is 0. The van der Waals surface area contributed by atoms with Crippen LogP contribution in [0.15, 0.2) is 0 Å². The molecule has 5 heteroatoms. The van der Waals surface area contributed by atoms with E-state index in [9.17, 15) is 9.59 Å². The van der Waals surface area contributed by atoms with Crippen LogP contribution < -0.4 is 10.6 Å². The number of aliphatic carboxylic acids is 1. The van der Waals surface area contributed by atoms with Crippen LogP contribution in [-0.2, 0) is 4.79 Å². The molecule has 0 radical (unpaired) electrons. The molecule has 1 aliphatic rings. The number of urea groups is 1. The predicted molar refractivity (Wildman–Crippen MR) is 64.8 cm³/mol. The first kappa shape index (κ1) is 13.8. The maximum absolute atomic E-state index is 11.6. The Morgan fingerprint density at radius 2 is 2.00 bits per heavy atom. The van der Waals surface area contributed by atoms with Gasteiger partial charge in [-0.05, 0) is 32.1 Å². The van der Waals surface area contributed by atoms with Gasteiger partial charge in [-0.1, -0.05) is 19.8 Å². The fourth-order valence-corrected chi connectivity index (χ4v) is 1.79. The van der Waals surface area contributed by atoms with E-state index in [0.717, 1.165) is 25.7 Å². The average Bonchev–Trinajstić information content (AvgIpc) is 3.07. The third-order valence-corrected chi connectivity index (χ3v) is 3.14. The van der Waals surface area contributed by atoms with Crippen LogP contribution in [0.3, 0.4) is 0 Å². The highest BCUT2D eigenvalue weighted by atomic mass is 16.4. The van der Waals surface area contributed by atoms with Crippen molar-refractivity contribution in [2.45, 2.75) is 58.0 Å². The molecule has 2 atom stereocenters. The first-order chi connectivity index (χ1) is 8.04. The summed E-state index contributed by atoms with van der Waals surface area (Å²) in [6.45, 7) is 3.95. The van der Waals surface area contributed by atoms with Crippen LogP contribution in [0.2, 0.25) is 0 Å². The van der Waals surface area contributed by atoms with E-state index >= 15 is 0 Å². The fourth-order valence-electron chi connectivity index (χ4n) is 1.79. The van der Waals surface area contributed by atoms with Gasteiger partial charge in [0, 0.05) is 6.04 Å². The third-order valence-electron chi connectivity index (χ3n) is 3.14. The van der Waals surface area contributed by atoms with E-state index in [1.807, 2.05) is 13.8 Å².